The van der Waals surface area contributed by atoms with Gasteiger partial charge in [-0.05, 0) is 47.9 Å². The number of rotatable bonds is 5. The van der Waals surface area contributed by atoms with Crippen molar-refractivity contribution in [2.45, 2.75) is 39.7 Å². The Morgan fingerprint density at radius 3 is 2.77 bits per heavy atom. The van der Waals surface area contributed by atoms with E-state index >= 15 is 0 Å². The van der Waals surface area contributed by atoms with Crippen molar-refractivity contribution in [1.82, 2.24) is 5.01 Å². The summed E-state index contributed by atoms with van der Waals surface area (Å²) in [6.45, 7) is 4.95. The molecule has 0 bridgehead atoms. The smallest absolute Gasteiger partial charge is 0.337 e. The second-order valence-corrected chi connectivity index (χ2v) is 8.90. The van der Waals surface area contributed by atoms with Crippen molar-refractivity contribution in [3.8, 4) is 16.2 Å². The topological polar surface area (TPSA) is 75.8 Å². The lowest BCUT2D eigenvalue weighted by atomic mass is 9.76. The van der Waals surface area contributed by atoms with E-state index in [0.29, 0.717) is 17.9 Å². The average molecular weight is 375 g/mol. The first-order chi connectivity index (χ1) is 12.2. The molecule has 2 aromatic rings. The first-order valence-corrected chi connectivity index (χ1v) is 9.54. The minimum absolute atomic E-state index is 0.129. The second kappa shape index (κ2) is 7.02. The Morgan fingerprint density at radius 2 is 2.15 bits per heavy atom. The van der Waals surface area contributed by atoms with Crippen LogP contribution in [0.4, 0.5) is 0 Å². The third kappa shape index (κ3) is 3.63. The number of ether oxygens (including phenoxy) is 1. The molecule has 0 fully saturated rings. The summed E-state index contributed by atoms with van der Waals surface area (Å²) in [6, 6.07) is 5.78. The van der Waals surface area contributed by atoms with Gasteiger partial charge in [-0.1, -0.05) is 19.9 Å². The van der Waals surface area contributed by atoms with E-state index in [1.807, 2.05) is 18.2 Å². The first kappa shape index (κ1) is 18.9. The fourth-order valence-corrected chi connectivity index (χ4v) is 5.00. The minimum atomic E-state index is -0.856. The van der Waals surface area contributed by atoms with Gasteiger partial charge >= 0.3 is 5.97 Å². The fraction of sp³-hybridized carbons (Fsp3) is 0.450. The van der Waals surface area contributed by atoms with Crippen LogP contribution in [0.3, 0.4) is 0 Å². The lowest BCUT2D eigenvalue weighted by molar-refractivity contribution is 0.0696. The Bertz CT molecular complexity index is 840. The maximum Gasteiger partial charge on any atom is 0.337 e. The number of carboxylic acids is 1. The van der Waals surface area contributed by atoms with E-state index in [2.05, 4.69) is 13.8 Å². The van der Waals surface area contributed by atoms with Crippen molar-refractivity contribution in [2.75, 3.05) is 14.2 Å². The van der Waals surface area contributed by atoms with E-state index in [-0.39, 0.29) is 5.41 Å². The van der Waals surface area contributed by atoms with Crippen molar-refractivity contribution in [3.63, 3.8) is 0 Å². The molecule has 1 heterocycles. The molecule has 6 heteroatoms. The highest BCUT2D eigenvalue weighted by Crippen LogP contribution is 2.46. The molecule has 0 saturated carbocycles. The number of carboxylic acid groups (broad SMARTS) is 1. The second-order valence-electron chi connectivity index (χ2n) is 7.79. The summed E-state index contributed by atoms with van der Waals surface area (Å²) in [6.07, 6.45) is 2.81. The van der Waals surface area contributed by atoms with Crippen LogP contribution in [-0.2, 0) is 19.4 Å². The fourth-order valence-electron chi connectivity index (χ4n) is 3.64. The van der Waals surface area contributed by atoms with Crippen molar-refractivity contribution in [3.05, 3.63) is 39.8 Å². The Morgan fingerprint density at radius 1 is 1.42 bits per heavy atom. The van der Waals surface area contributed by atoms with Crippen LogP contribution in [0.2, 0.25) is 0 Å². The van der Waals surface area contributed by atoms with Crippen molar-refractivity contribution in [2.24, 2.45) is 11.3 Å². The molecule has 3 N–H and O–H groups in total. The summed E-state index contributed by atoms with van der Waals surface area (Å²) in [5, 5.41) is 11.6. The third-order valence-corrected chi connectivity index (χ3v) is 6.30. The maximum absolute atomic E-state index is 12.2. The molecule has 140 valence electrons. The zero-order valence-corrected chi connectivity index (χ0v) is 16.6. The van der Waals surface area contributed by atoms with Gasteiger partial charge in [-0.2, -0.15) is 0 Å². The number of fused-ring (bicyclic) bond motifs is 1. The van der Waals surface area contributed by atoms with Crippen LogP contribution >= 0.6 is 11.3 Å². The number of nitrogens with zero attached hydrogens (tertiary/aromatic N) is 1. The lowest BCUT2D eigenvalue weighted by Gasteiger charge is -2.29. The molecule has 26 heavy (non-hydrogen) atoms. The first-order valence-electron chi connectivity index (χ1n) is 8.73. The van der Waals surface area contributed by atoms with Gasteiger partial charge in [0.25, 0.3) is 0 Å². The van der Waals surface area contributed by atoms with E-state index in [0.717, 1.165) is 40.8 Å². The van der Waals surface area contributed by atoms with Crippen LogP contribution in [-0.4, -0.2) is 30.2 Å². The van der Waals surface area contributed by atoms with Crippen LogP contribution in [0.25, 0.3) is 10.4 Å². The number of nitrogens with two attached hydrogens (primary N) is 1. The molecule has 3 rings (SSSR count). The van der Waals surface area contributed by atoms with E-state index < -0.39 is 5.97 Å². The summed E-state index contributed by atoms with van der Waals surface area (Å²) in [4.78, 5) is 14.2. The van der Waals surface area contributed by atoms with Gasteiger partial charge in [-0.15, -0.1) is 11.3 Å². The number of hydrazine groups is 1. The number of benzene rings is 1. The van der Waals surface area contributed by atoms with Crippen LogP contribution in [0.5, 0.6) is 5.75 Å². The molecule has 1 aliphatic carbocycles. The number of hydrogen-bond acceptors (Lipinski definition) is 5. The predicted octanol–water partition coefficient (Wildman–Crippen LogP) is 3.94. The number of aryl methyl sites for hydroxylation is 1. The molecule has 0 spiro atoms. The van der Waals surface area contributed by atoms with Gasteiger partial charge in [-0.25, -0.2) is 9.80 Å². The molecule has 1 aliphatic rings. The van der Waals surface area contributed by atoms with Gasteiger partial charge in [0.2, 0.25) is 0 Å². The van der Waals surface area contributed by atoms with Crippen LogP contribution in [0.15, 0.2) is 18.2 Å². The van der Waals surface area contributed by atoms with Gasteiger partial charge in [-0.3, -0.25) is 5.84 Å². The van der Waals surface area contributed by atoms with Gasteiger partial charge in [0.05, 0.1) is 12.7 Å². The number of aromatic carboxylic acids is 1. The standard InChI is InChI=1S/C20H26N2O3S/c1-20(2)8-7-16-15(10-20)17(19(23)24)18(26-16)14-9-13(25-4)6-5-12(14)11-22(3)21/h5-6,9H,7-8,10-11,21H2,1-4H3,(H,23,24). The van der Waals surface area contributed by atoms with Gasteiger partial charge in [0.15, 0.2) is 0 Å². The molecule has 0 radical (unpaired) electrons. The summed E-state index contributed by atoms with van der Waals surface area (Å²) in [5.74, 6) is 5.72. The van der Waals surface area contributed by atoms with Gasteiger partial charge in [0.1, 0.15) is 5.75 Å². The number of carbonyl (C=O) groups is 1. The highest BCUT2D eigenvalue weighted by atomic mass is 32.1. The van der Waals surface area contributed by atoms with Crippen molar-refractivity contribution in [1.29, 1.82) is 0 Å². The monoisotopic (exact) mass is 374 g/mol. The molecule has 0 amide bonds. The molecule has 0 aliphatic heterocycles. The average Bonchev–Trinajstić information content (AvgIpc) is 2.92. The Hall–Kier alpha value is -1.89. The van der Waals surface area contributed by atoms with Crippen LogP contribution < -0.4 is 10.6 Å². The number of thiophene rings is 1. The summed E-state index contributed by atoms with van der Waals surface area (Å²) in [5.41, 5.74) is 3.48. The molecule has 1 aromatic heterocycles. The molecular weight excluding hydrogens is 348 g/mol. The molecule has 0 saturated heterocycles. The SMILES string of the molecule is COc1ccc(CN(C)N)c(-c2sc3c(c2C(=O)O)CC(C)(C)CC3)c1. The van der Waals surface area contributed by atoms with Crippen molar-refractivity contribution < 1.29 is 14.6 Å². The summed E-state index contributed by atoms with van der Waals surface area (Å²) in [7, 11) is 3.42. The number of methoxy groups -OCH3 is 1. The molecule has 0 unspecified atom stereocenters. The quantitative estimate of drug-likeness (QED) is 0.612. The van der Waals surface area contributed by atoms with E-state index in [1.165, 1.54) is 4.88 Å². The summed E-state index contributed by atoms with van der Waals surface area (Å²) < 4.78 is 5.38. The molecule has 1 aromatic carbocycles. The lowest BCUT2D eigenvalue weighted by Crippen LogP contribution is -2.25. The molecular formula is C20H26N2O3S. The Labute approximate surface area is 158 Å². The normalized spacial score (nSPS) is 15.8. The van der Waals surface area contributed by atoms with E-state index in [9.17, 15) is 9.90 Å². The zero-order chi connectivity index (χ0) is 19.1. The van der Waals surface area contributed by atoms with Crippen LogP contribution in [0.1, 0.15) is 46.6 Å². The largest absolute Gasteiger partial charge is 0.497 e. The predicted molar refractivity (Wildman–Crippen MR) is 105 cm³/mol. The molecule has 5 nitrogen and oxygen atoms in total. The van der Waals surface area contributed by atoms with Crippen molar-refractivity contribution >= 4 is 17.3 Å². The highest BCUT2D eigenvalue weighted by molar-refractivity contribution is 7.16. The zero-order valence-electron chi connectivity index (χ0n) is 15.8. The third-order valence-electron chi connectivity index (χ3n) is 4.97. The van der Waals surface area contributed by atoms with Gasteiger partial charge < -0.3 is 9.84 Å². The van der Waals surface area contributed by atoms with Gasteiger partial charge in [0, 0.05) is 28.9 Å². The highest BCUT2D eigenvalue weighted by Gasteiger charge is 2.33. The van der Waals surface area contributed by atoms with E-state index in [4.69, 9.17) is 10.6 Å². The Kier molecular flexibility index (Phi) is 5.10. The summed E-state index contributed by atoms with van der Waals surface area (Å²) >= 11 is 1.61. The minimum Gasteiger partial charge on any atom is -0.497 e. The molecule has 0 atom stereocenters. The Balaban J connectivity index is 2.21. The van der Waals surface area contributed by atoms with E-state index in [1.54, 1.807) is 30.5 Å². The maximum atomic E-state index is 12.2. The number of hydrogen-bond donors (Lipinski definition) is 2. The van der Waals surface area contributed by atoms with Crippen LogP contribution in [0, 0.1) is 5.41 Å².